The van der Waals surface area contributed by atoms with Crippen LogP contribution < -0.4 is 10.1 Å². The van der Waals surface area contributed by atoms with Crippen LogP contribution >= 0.6 is 15.9 Å². The molecule has 1 unspecified atom stereocenters. The molecule has 0 spiro atoms. The predicted octanol–water partition coefficient (Wildman–Crippen LogP) is 1.86. The second-order valence-electron chi connectivity index (χ2n) is 4.39. The first-order valence-corrected chi connectivity index (χ1v) is 6.52. The van der Waals surface area contributed by atoms with Crippen LogP contribution in [0.5, 0.6) is 5.88 Å². The molecule has 1 N–H and O–H groups in total. The Kier molecular flexibility index (Phi) is 2.81. The molecule has 0 bridgehead atoms. The molecule has 2 heterocycles. The van der Waals surface area contributed by atoms with Gasteiger partial charge in [-0.2, -0.15) is 4.98 Å². The standard InChI is InChI=1S/C11H14BrN3O/c12-9-6-14-10(7-1-2-7)15-11(9)16-8-3-4-13-5-8/h6-8,13H,1-5H2. The molecule has 2 fully saturated rings. The van der Waals surface area contributed by atoms with Crippen molar-refractivity contribution in [3.05, 3.63) is 16.5 Å². The molecule has 3 rings (SSSR count). The number of nitrogens with one attached hydrogen (secondary N) is 1. The van der Waals surface area contributed by atoms with Crippen molar-refractivity contribution in [1.29, 1.82) is 0 Å². The monoisotopic (exact) mass is 283 g/mol. The normalized spacial score (nSPS) is 24.7. The molecule has 16 heavy (non-hydrogen) atoms. The summed E-state index contributed by atoms with van der Waals surface area (Å²) in [6.07, 6.45) is 5.53. The zero-order valence-corrected chi connectivity index (χ0v) is 10.5. The van der Waals surface area contributed by atoms with Gasteiger partial charge in [-0.3, -0.25) is 0 Å². The molecule has 1 atom stereocenters. The van der Waals surface area contributed by atoms with Gasteiger partial charge in [-0.25, -0.2) is 4.98 Å². The molecule has 0 amide bonds. The summed E-state index contributed by atoms with van der Waals surface area (Å²) in [4.78, 5) is 8.81. The zero-order valence-electron chi connectivity index (χ0n) is 8.95. The summed E-state index contributed by atoms with van der Waals surface area (Å²) in [5, 5.41) is 3.28. The third kappa shape index (κ3) is 2.20. The van der Waals surface area contributed by atoms with E-state index in [9.17, 15) is 0 Å². The molecule has 1 aliphatic carbocycles. The third-order valence-corrected chi connectivity index (χ3v) is 3.51. The van der Waals surface area contributed by atoms with Crippen LogP contribution in [0.4, 0.5) is 0 Å². The first-order valence-electron chi connectivity index (χ1n) is 5.73. The first-order chi connectivity index (χ1) is 7.83. The zero-order chi connectivity index (χ0) is 11.0. The van der Waals surface area contributed by atoms with Gasteiger partial charge in [0, 0.05) is 18.7 Å². The third-order valence-electron chi connectivity index (χ3n) is 2.97. The van der Waals surface area contributed by atoms with Crippen LogP contribution in [-0.4, -0.2) is 29.2 Å². The minimum absolute atomic E-state index is 0.248. The van der Waals surface area contributed by atoms with E-state index in [4.69, 9.17) is 4.74 Å². The maximum atomic E-state index is 5.86. The highest BCUT2D eigenvalue weighted by Gasteiger charge is 2.28. The highest BCUT2D eigenvalue weighted by Crippen LogP contribution is 2.39. The van der Waals surface area contributed by atoms with Gasteiger partial charge in [-0.15, -0.1) is 0 Å². The molecular formula is C11H14BrN3O. The van der Waals surface area contributed by atoms with E-state index >= 15 is 0 Å². The summed E-state index contributed by atoms with van der Waals surface area (Å²) in [7, 11) is 0. The van der Waals surface area contributed by atoms with Gasteiger partial charge < -0.3 is 10.1 Å². The number of rotatable bonds is 3. The van der Waals surface area contributed by atoms with Gasteiger partial charge in [0.05, 0.1) is 4.47 Å². The lowest BCUT2D eigenvalue weighted by Gasteiger charge is -2.13. The molecule has 5 heteroatoms. The molecule has 1 saturated carbocycles. The Morgan fingerprint density at radius 1 is 1.38 bits per heavy atom. The first kappa shape index (κ1) is 10.5. The van der Waals surface area contributed by atoms with Crippen molar-refractivity contribution in [3.8, 4) is 5.88 Å². The van der Waals surface area contributed by atoms with E-state index in [0.717, 1.165) is 29.8 Å². The van der Waals surface area contributed by atoms with Gasteiger partial charge in [0.2, 0.25) is 5.88 Å². The molecule has 0 radical (unpaired) electrons. The van der Waals surface area contributed by atoms with Crippen molar-refractivity contribution in [1.82, 2.24) is 15.3 Å². The number of hydrogen-bond donors (Lipinski definition) is 1. The van der Waals surface area contributed by atoms with Crippen molar-refractivity contribution in [2.75, 3.05) is 13.1 Å². The Morgan fingerprint density at radius 3 is 2.94 bits per heavy atom. The molecule has 1 aromatic rings. The van der Waals surface area contributed by atoms with E-state index < -0.39 is 0 Å². The Labute approximate surface area is 103 Å². The van der Waals surface area contributed by atoms with E-state index in [1.807, 2.05) is 0 Å². The summed E-state index contributed by atoms with van der Waals surface area (Å²) in [5.41, 5.74) is 0. The van der Waals surface area contributed by atoms with Crippen molar-refractivity contribution in [2.24, 2.45) is 0 Å². The number of ether oxygens (including phenoxy) is 1. The van der Waals surface area contributed by atoms with E-state index in [1.54, 1.807) is 6.20 Å². The van der Waals surface area contributed by atoms with Crippen LogP contribution in [0, 0.1) is 0 Å². The van der Waals surface area contributed by atoms with Crippen LogP contribution in [0.3, 0.4) is 0 Å². The van der Waals surface area contributed by atoms with E-state index in [1.165, 1.54) is 12.8 Å². The van der Waals surface area contributed by atoms with Crippen molar-refractivity contribution >= 4 is 15.9 Å². The summed E-state index contributed by atoms with van der Waals surface area (Å²) < 4.78 is 6.71. The lowest BCUT2D eigenvalue weighted by Crippen LogP contribution is -2.20. The van der Waals surface area contributed by atoms with Gasteiger partial charge in [0.1, 0.15) is 11.9 Å². The number of nitrogens with zero attached hydrogens (tertiary/aromatic N) is 2. The van der Waals surface area contributed by atoms with Crippen LogP contribution in [0.15, 0.2) is 10.7 Å². The lowest BCUT2D eigenvalue weighted by atomic mass is 10.3. The average Bonchev–Trinajstić information content (AvgIpc) is 3.01. The van der Waals surface area contributed by atoms with Gasteiger partial charge in [0.25, 0.3) is 0 Å². The molecule has 1 aromatic heterocycles. The van der Waals surface area contributed by atoms with E-state index in [2.05, 4.69) is 31.2 Å². The van der Waals surface area contributed by atoms with Gasteiger partial charge in [-0.1, -0.05) is 0 Å². The maximum Gasteiger partial charge on any atom is 0.231 e. The lowest BCUT2D eigenvalue weighted by molar-refractivity contribution is 0.211. The van der Waals surface area contributed by atoms with Crippen molar-refractivity contribution in [2.45, 2.75) is 31.3 Å². The van der Waals surface area contributed by atoms with Crippen LogP contribution in [0.25, 0.3) is 0 Å². The van der Waals surface area contributed by atoms with Crippen LogP contribution in [0.1, 0.15) is 31.0 Å². The van der Waals surface area contributed by atoms with Gasteiger partial charge >= 0.3 is 0 Å². The van der Waals surface area contributed by atoms with Crippen LogP contribution in [0.2, 0.25) is 0 Å². The molecule has 0 aromatic carbocycles. The quantitative estimate of drug-likeness (QED) is 0.920. The fourth-order valence-electron chi connectivity index (χ4n) is 1.87. The fraction of sp³-hybridized carbons (Fsp3) is 0.636. The Balaban J connectivity index is 1.78. The highest BCUT2D eigenvalue weighted by molar-refractivity contribution is 9.10. The van der Waals surface area contributed by atoms with E-state index in [0.29, 0.717) is 11.8 Å². The molecule has 2 aliphatic rings. The molecule has 4 nitrogen and oxygen atoms in total. The summed E-state index contributed by atoms with van der Waals surface area (Å²) in [6.45, 7) is 1.94. The summed E-state index contributed by atoms with van der Waals surface area (Å²) >= 11 is 3.44. The minimum Gasteiger partial charge on any atom is -0.472 e. The van der Waals surface area contributed by atoms with Crippen LogP contribution in [-0.2, 0) is 0 Å². The molecule has 1 saturated heterocycles. The number of hydrogen-bond acceptors (Lipinski definition) is 4. The molecular weight excluding hydrogens is 270 g/mol. The fourth-order valence-corrected chi connectivity index (χ4v) is 2.16. The van der Waals surface area contributed by atoms with Crippen molar-refractivity contribution in [3.63, 3.8) is 0 Å². The second-order valence-corrected chi connectivity index (χ2v) is 5.24. The second kappa shape index (κ2) is 4.30. The topological polar surface area (TPSA) is 47.0 Å². The number of halogens is 1. The Morgan fingerprint density at radius 2 is 2.25 bits per heavy atom. The summed E-state index contributed by atoms with van der Waals surface area (Å²) in [6, 6.07) is 0. The van der Waals surface area contributed by atoms with Gasteiger partial charge in [-0.05, 0) is 41.7 Å². The Hall–Kier alpha value is -0.680. The number of aromatic nitrogens is 2. The maximum absolute atomic E-state index is 5.86. The molecule has 86 valence electrons. The SMILES string of the molecule is Brc1cnc(C2CC2)nc1OC1CCNC1. The average molecular weight is 284 g/mol. The molecule has 1 aliphatic heterocycles. The predicted molar refractivity (Wildman–Crippen MR) is 63.6 cm³/mol. The van der Waals surface area contributed by atoms with Gasteiger partial charge in [0.15, 0.2) is 0 Å². The largest absolute Gasteiger partial charge is 0.472 e. The van der Waals surface area contributed by atoms with Crippen molar-refractivity contribution < 1.29 is 4.74 Å². The minimum atomic E-state index is 0.248. The van der Waals surface area contributed by atoms with E-state index in [-0.39, 0.29) is 6.10 Å². The smallest absolute Gasteiger partial charge is 0.231 e. The Bertz CT molecular complexity index is 389. The highest BCUT2D eigenvalue weighted by atomic mass is 79.9. The summed E-state index contributed by atoms with van der Waals surface area (Å²) in [5.74, 6) is 2.20.